The van der Waals surface area contributed by atoms with Crippen molar-refractivity contribution in [3.63, 3.8) is 0 Å². The number of aryl methyl sites for hydroxylation is 1. The molecule has 0 atom stereocenters. The van der Waals surface area contributed by atoms with E-state index < -0.39 is 9.05 Å². The highest BCUT2D eigenvalue weighted by Crippen LogP contribution is 2.36. The number of benzene rings is 1. The van der Waals surface area contributed by atoms with E-state index in [4.69, 9.17) is 15.4 Å². The smallest absolute Gasteiger partial charge is 0.236 e. The molecule has 90 valence electrons. The number of methoxy groups -OCH3 is 1. The lowest BCUT2D eigenvalue weighted by molar-refractivity contribution is 0.368. The first-order valence-electron chi connectivity index (χ1n) is 4.54. The van der Waals surface area contributed by atoms with Crippen LogP contribution in [0.2, 0.25) is 0 Å². The van der Waals surface area contributed by atoms with E-state index in [1.54, 1.807) is 19.9 Å². The minimum atomic E-state index is -3.68. The summed E-state index contributed by atoms with van der Waals surface area (Å²) < 4.78 is 27.0. The minimum absolute atomic E-state index is 0.0437. The molecular formula is C10H13ClO4S. The van der Waals surface area contributed by atoms with Gasteiger partial charge in [-0.1, -0.05) is 6.07 Å². The third-order valence-corrected chi connectivity index (χ3v) is 3.36. The quantitative estimate of drug-likeness (QED) is 0.849. The average Bonchev–Trinajstić information content (AvgIpc) is 2.12. The van der Waals surface area contributed by atoms with Gasteiger partial charge < -0.3 is 9.84 Å². The molecule has 1 N–H and O–H groups in total. The second-order valence-electron chi connectivity index (χ2n) is 3.54. The molecule has 1 aromatic carbocycles. The fraction of sp³-hybridized carbons (Fsp3) is 0.400. The topological polar surface area (TPSA) is 63.6 Å². The summed E-state index contributed by atoms with van der Waals surface area (Å²) in [5.74, 6) is -0.253. The number of phenolic OH excluding ortho intramolecular Hbond substituents is 1. The van der Waals surface area contributed by atoms with Gasteiger partial charge in [0, 0.05) is 16.2 Å². The molecular weight excluding hydrogens is 252 g/mol. The van der Waals surface area contributed by atoms with E-state index in [0.717, 1.165) is 5.56 Å². The SMILES string of the molecule is COc1c(CS(=O)(=O)Cl)cc(C)c(C)c1O. The Balaban J connectivity index is 3.39. The van der Waals surface area contributed by atoms with Gasteiger partial charge in [0.15, 0.2) is 11.5 Å². The highest BCUT2D eigenvalue weighted by molar-refractivity contribution is 8.13. The highest BCUT2D eigenvalue weighted by atomic mass is 35.7. The summed E-state index contributed by atoms with van der Waals surface area (Å²) in [6.45, 7) is 3.50. The number of hydrogen-bond acceptors (Lipinski definition) is 4. The van der Waals surface area contributed by atoms with Gasteiger partial charge in [0.2, 0.25) is 9.05 Å². The van der Waals surface area contributed by atoms with Crippen LogP contribution >= 0.6 is 10.7 Å². The largest absolute Gasteiger partial charge is 0.504 e. The fourth-order valence-electron chi connectivity index (χ4n) is 1.47. The molecule has 4 nitrogen and oxygen atoms in total. The van der Waals surface area contributed by atoms with E-state index in [2.05, 4.69) is 0 Å². The Bertz CT molecular complexity index is 508. The molecule has 0 heterocycles. The van der Waals surface area contributed by atoms with Crippen molar-refractivity contribution >= 4 is 19.7 Å². The molecule has 0 bridgehead atoms. The normalized spacial score (nSPS) is 11.5. The molecule has 0 aliphatic rings. The Kier molecular flexibility index (Phi) is 3.70. The first-order valence-corrected chi connectivity index (χ1v) is 7.02. The summed E-state index contributed by atoms with van der Waals surface area (Å²) in [7, 11) is 2.87. The molecule has 0 unspecified atom stereocenters. The van der Waals surface area contributed by atoms with Crippen LogP contribution in [0, 0.1) is 13.8 Å². The average molecular weight is 265 g/mol. The van der Waals surface area contributed by atoms with Gasteiger partial charge in [0.1, 0.15) is 0 Å². The molecule has 0 saturated heterocycles. The van der Waals surface area contributed by atoms with Crippen molar-refractivity contribution in [2.75, 3.05) is 7.11 Å². The van der Waals surface area contributed by atoms with Gasteiger partial charge >= 0.3 is 0 Å². The summed E-state index contributed by atoms with van der Waals surface area (Å²) in [4.78, 5) is 0. The number of phenols is 1. The molecule has 1 rings (SSSR count). The summed E-state index contributed by atoms with van der Waals surface area (Å²) in [5, 5.41) is 9.79. The predicted molar refractivity (Wildman–Crippen MR) is 62.6 cm³/mol. The third kappa shape index (κ3) is 2.80. The zero-order chi connectivity index (χ0) is 12.5. The Hall–Kier alpha value is -0.940. The number of ether oxygens (including phenoxy) is 1. The van der Waals surface area contributed by atoms with Crippen LogP contribution in [0.5, 0.6) is 11.5 Å². The molecule has 6 heteroatoms. The molecule has 0 radical (unpaired) electrons. The molecule has 0 aliphatic carbocycles. The van der Waals surface area contributed by atoms with Crippen LogP contribution in [0.1, 0.15) is 16.7 Å². The van der Waals surface area contributed by atoms with Crippen molar-refractivity contribution in [3.8, 4) is 11.5 Å². The Morgan fingerprint density at radius 1 is 1.44 bits per heavy atom. The van der Waals surface area contributed by atoms with Crippen molar-refractivity contribution in [1.82, 2.24) is 0 Å². The summed E-state index contributed by atoms with van der Waals surface area (Å²) in [5.41, 5.74) is 1.80. The fourth-order valence-corrected chi connectivity index (χ4v) is 2.40. The molecule has 0 aromatic heterocycles. The van der Waals surface area contributed by atoms with Crippen molar-refractivity contribution in [1.29, 1.82) is 0 Å². The van der Waals surface area contributed by atoms with Gasteiger partial charge in [-0.2, -0.15) is 0 Å². The summed E-state index contributed by atoms with van der Waals surface area (Å²) >= 11 is 0. The van der Waals surface area contributed by atoms with Crippen LogP contribution in [-0.2, 0) is 14.8 Å². The van der Waals surface area contributed by atoms with Gasteiger partial charge in [-0.15, -0.1) is 0 Å². The molecule has 0 amide bonds. The summed E-state index contributed by atoms with van der Waals surface area (Å²) in [6, 6.07) is 1.65. The van der Waals surface area contributed by atoms with E-state index in [9.17, 15) is 13.5 Å². The van der Waals surface area contributed by atoms with Crippen molar-refractivity contribution in [2.45, 2.75) is 19.6 Å². The van der Waals surface area contributed by atoms with Gasteiger partial charge in [0.25, 0.3) is 0 Å². The highest BCUT2D eigenvalue weighted by Gasteiger charge is 2.18. The lowest BCUT2D eigenvalue weighted by Crippen LogP contribution is -2.01. The maximum Gasteiger partial charge on any atom is 0.236 e. The van der Waals surface area contributed by atoms with Gasteiger partial charge in [-0.05, 0) is 25.0 Å². The van der Waals surface area contributed by atoms with Gasteiger partial charge in [0.05, 0.1) is 12.9 Å². The lowest BCUT2D eigenvalue weighted by Gasteiger charge is -2.13. The van der Waals surface area contributed by atoms with Crippen LogP contribution in [-0.4, -0.2) is 20.6 Å². The van der Waals surface area contributed by atoms with E-state index in [0.29, 0.717) is 11.1 Å². The Morgan fingerprint density at radius 2 is 2.00 bits per heavy atom. The number of aromatic hydroxyl groups is 1. The van der Waals surface area contributed by atoms with Gasteiger partial charge in [-0.3, -0.25) is 0 Å². The lowest BCUT2D eigenvalue weighted by atomic mass is 10.0. The second kappa shape index (κ2) is 4.51. The van der Waals surface area contributed by atoms with E-state index >= 15 is 0 Å². The van der Waals surface area contributed by atoms with Crippen LogP contribution in [0.3, 0.4) is 0 Å². The molecule has 0 fully saturated rings. The molecule has 0 spiro atoms. The first-order chi connectivity index (χ1) is 7.26. The molecule has 0 saturated carbocycles. The van der Waals surface area contributed by atoms with Crippen molar-refractivity contribution in [3.05, 3.63) is 22.8 Å². The van der Waals surface area contributed by atoms with Crippen molar-refractivity contribution in [2.24, 2.45) is 0 Å². The molecule has 0 aliphatic heterocycles. The Morgan fingerprint density at radius 3 is 2.44 bits per heavy atom. The van der Waals surface area contributed by atoms with Gasteiger partial charge in [-0.25, -0.2) is 8.42 Å². The number of halogens is 1. The molecule has 1 aromatic rings. The first kappa shape index (κ1) is 13.1. The monoisotopic (exact) mass is 264 g/mol. The van der Waals surface area contributed by atoms with Crippen LogP contribution in [0.25, 0.3) is 0 Å². The minimum Gasteiger partial charge on any atom is -0.504 e. The zero-order valence-corrected chi connectivity index (χ0v) is 10.8. The molecule has 16 heavy (non-hydrogen) atoms. The van der Waals surface area contributed by atoms with Crippen LogP contribution in [0.15, 0.2) is 6.07 Å². The number of hydrogen-bond donors (Lipinski definition) is 1. The second-order valence-corrected chi connectivity index (χ2v) is 6.32. The number of rotatable bonds is 3. The Labute approximate surface area is 99.2 Å². The van der Waals surface area contributed by atoms with Crippen LogP contribution < -0.4 is 4.74 Å². The summed E-state index contributed by atoms with van der Waals surface area (Å²) in [6.07, 6.45) is 0. The predicted octanol–water partition coefficient (Wildman–Crippen LogP) is 2.09. The van der Waals surface area contributed by atoms with E-state index in [1.165, 1.54) is 7.11 Å². The van der Waals surface area contributed by atoms with Crippen LogP contribution in [0.4, 0.5) is 0 Å². The standard InChI is InChI=1S/C10H13ClO4S/c1-6-4-8(5-16(11,13)14)10(15-3)9(12)7(6)2/h4,12H,5H2,1-3H3. The zero-order valence-electron chi connectivity index (χ0n) is 9.24. The van der Waals surface area contributed by atoms with Crippen molar-refractivity contribution < 1.29 is 18.3 Å². The maximum atomic E-state index is 11.0. The van der Waals surface area contributed by atoms with E-state index in [1.807, 2.05) is 0 Å². The van der Waals surface area contributed by atoms with E-state index in [-0.39, 0.29) is 17.3 Å². The maximum absolute atomic E-state index is 11.0. The third-order valence-electron chi connectivity index (χ3n) is 2.38.